The van der Waals surface area contributed by atoms with E-state index in [-0.39, 0.29) is 5.60 Å². The lowest BCUT2D eigenvalue weighted by Crippen LogP contribution is -2.51. The first kappa shape index (κ1) is 13.3. The first-order valence-electron chi connectivity index (χ1n) is 7.27. The maximum absolute atomic E-state index is 6.13. The second-order valence-electron chi connectivity index (χ2n) is 5.53. The highest BCUT2D eigenvalue weighted by Crippen LogP contribution is 2.37. The van der Waals surface area contributed by atoms with Crippen molar-refractivity contribution in [3.63, 3.8) is 0 Å². The van der Waals surface area contributed by atoms with E-state index in [9.17, 15) is 0 Å². The highest BCUT2D eigenvalue weighted by atomic mass is 16.5. The van der Waals surface area contributed by atoms with Crippen molar-refractivity contribution in [1.29, 1.82) is 0 Å². The van der Waals surface area contributed by atoms with E-state index in [1.54, 1.807) is 0 Å². The van der Waals surface area contributed by atoms with Gasteiger partial charge in [-0.05, 0) is 38.6 Å². The molecular weight excluding hydrogens is 214 g/mol. The van der Waals surface area contributed by atoms with Gasteiger partial charge in [0.05, 0.1) is 11.7 Å². The molecule has 0 aromatic carbocycles. The van der Waals surface area contributed by atoms with Crippen molar-refractivity contribution in [3.8, 4) is 0 Å². The summed E-state index contributed by atoms with van der Waals surface area (Å²) in [5.41, 5.74) is 0.114. The average Bonchev–Trinajstić information content (AvgIpc) is 2.36. The average molecular weight is 241 g/mol. The van der Waals surface area contributed by atoms with Crippen LogP contribution < -0.4 is 5.32 Å². The van der Waals surface area contributed by atoms with Gasteiger partial charge in [-0.1, -0.05) is 13.8 Å². The standard InChI is InChI=1S/C14H27NO2/c1-3-7-15-12-5-8-17-14(10-12)6-9-16-13(4-2)11-14/h12-13,15H,3-11H2,1-2H3. The number of hydrogen-bond acceptors (Lipinski definition) is 3. The molecule has 2 aliphatic rings. The maximum Gasteiger partial charge on any atom is 0.0743 e. The third-order valence-electron chi connectivity index (χ3n) is 4.14. The zero-order chi connectivity index (χ0) is 12.1. The fourth-order valence-corrected chi connectivity index (χ4v) is 3.12. The van der Waals surface area contributed by atoms with Crippen LogP contribution in [0.1, 0.15) is 52.4 Å². The highest BCUT2D eigenvalue weighted by molar-refractivity contribution is 4.93. The number of nitrogens with one attached hydrogen (secondary N) is 1. The second-order valence-corrected chi connectivity index (χ2v) is 5.53. The Bertz CT molecular complexity index is 230. The van der Waals surface area contributed by atoms with Gasteiger partial charge in [-0.15, -0.1) is 0 Å². The third-order valence-corrected chi connectivity index (χ3v) is 4.14. The lowest BCUT2D eigenvalue weighted by molar-refractivity contribution is -0.163. The van der Waals surface area contributed by atoms with Crippen molar-refractivity contribution in [2.75, 3.05) is 19.8 Å². The molecule has 2 heterocycles. The van der Waals surface area contributed by atoms with Crippen LogP contribution in [0.2, 0.25) is 0 Å². The van der Waals surface area contributed by atoms with Crippen molar-refractivity contribution < 1.29 is 9.47 Å². The van der Waals surface area contributed by atoms with Gasteiger partial charge in [-0.3, -0.25) is 0 Å². The van der Waals surface area contributed by atoms with Crippen LogP contribution in [0.4, 0.5) is 0 Å². The van der Waals surface area contributed by atoms with Crippen molar-refractivity contribution in [3.05, 3.63) is 0 Å². The topological polar surface area (TPSA) is 30.5 Å². The van der Waals surface area contributed by atoms with Crippen LogP contribution in [0.25, 0.3) is 0 Å². The van der Waals surface area contributed by atoms with Crippen molar-refractivity contribution in [2.24, 2.45) is 0 Å². The van der Waals surface area contributed by atoms with E-state index in [0.717, 1.165) is 39.0 Å². The van der Waals surface area contributed by atoms with E-state index in [2.05, 4.69) is 19.2 Å². The Morgan fingerprint density at radius 3 is 2.88 bits per heavy atom. The molecule has 3 atom stereocenters. The van der Waals surface area contributed by atoms with E-state index >= 15 is 0 Å². The van der Waals surface area contributed by atoms with E-state index < -0.39 is 0 Å². The first-order chi connectivity index (χ1) is 8.28. The molecule has 0 aliphatic carbocycles. The molecule has 2 fully saturated rings. The zero-order valence-corrected chi connectivity index (χ0v) is 11.3. The fourth-order valence-electron chi connectivity index (χ4n) is 3.12. The first-order valence-corrected chi connectivity index (χ1v) is 7.27. The summed E-state index contributed by atoms with van der Waals surface area (Å²) in [6, 6.07) is 0.652. The van der Waals surface area contributed by atoms with E-state index in [1.165, 1.54) is 19.3 Å². The Kier molecular flexibility index (Phi) is 4.83. The molecule has 0 saturated carbocycles. The summed E-state index contributed by atoms with van der Waals surface area (Å²) in [5, 5.41) is 3.65. The molecule has 100 valence electrons. The van der Waals surface area contributed by atoms with Crippen molar-refractivity contribution in [1.82, 2.24) is 5.32 Å². The van der Waals surface area contributed by atoms with Crippen LogP contribution in [0.5, 0.6) is 0 Å². The van der Waals surface area contributed by atoms with E-state index in [4.69, 9.17) is 9.47 Å². The predicted molar refractivity (Wildman–Crippen MR) is 69.3 cm³/mol. The number of ether oxygens (including phenoxy) is 2. The lowest BCUT2D eigenvalue weighted by atomic mass is 9.81. The minimum Gasteiger partial charge on any atom is -0.378 e. The van der Waals surface area contributed by atoms with Crippen LogP contribution in [0.3, 0.4) is 0 Å². The molecule has 2 saturated heterocycles. The zero-order valence-electron chi connectivity index (χ0n) is 11.3. The number of hydrogen-bond donors (Lipinski definition) is 1. The number of rotatable bonds is 4. The van der Waals surface area contributed by atoms with Gasteiger partial charge in [0.2, 0.25) is 0 Å². The summed E-state index contributed by atoms with van der Waals surface area (Å²) in [4.78, 5) is 0. The molecule has 17 heavy (non-hydrogen) atoms. The Morgan fingerprint density at radius 1 is 1.24 bits per heavy atom. The molecule has 3 heteroatoms. The summed E-state index contributed by atoms with van der Waals surface area (Å²) in [6.07, 6.45) is 7.24. The van der Waals surface area contributed by atoms with Gasteiger partial charge < -0.3 is 14.8 Å². The summed E-state index contributed by atoms with van der Waals surface area (Å²) < 4.78 is 11.9. The Hall–Kier alpha value is -0.120. The lowest BCUT2D eigenvalue weighted by Gasteiger charge is -2.45. The summed E-state index contributed by atoms with van der Waals surface area (Å²) in [5.74, 6) is 0. The van der Waals surface area contributed by atoms with Gasteiger partial charge in [0.25, 0.3) is 0 Å². The molecule has 3 nitrogen and oxygen atoms in total. The summed E-state index contributed by atoms with van der Waals surface area (Å²) in [7, 11) is 0. The minimum absolute atomic E-state index is 0.114. The van der Waals surface area contributed by atoms with Crippen LogP contribution in [0, 0.1) is 0 Å². The largest absolute Gasteiger partial charge is 0.378 e. The molecule has 2 rings (SSSR count). The van der Waals surface area contributed by atoms with Crippen LogP contribution in [0.15, 0.2) is 0 Å². The van der Waals surface area contributed by atoms with Gasteiger partial charge in [-0.25, -0.2) is 0 Å². The van der Waals surface area contributed by atoms with E-state index in [1.807, 2.05) is 0 Å². The molecule has 0 aromatic rings. The molecule has 0 radical (unpaired) electrons. The van der Waals surface area contributed by atoms with E-state index in [0.29, 0.717) is 12.1 Å². The highest BCUT2D eigenvalue weighted by Gasteiger charge is 2.41. The Morgan fingerprint density at radius 2 is 2.12 bits per heavy atom. The molecular formula is C14H27NO2. The van der Waals surface area contributed by atoms with Crippen LogP contribution in [-0.4, -0.2) is 37.5 Å². The molecule has 0 amide bonds. The molecule has 0 aromatic heterocycles. The van der Waals surface area contributed by atoms with Crippen LogP contribution in [-0.2, 0) is 9.47 Å². The van der Waals surface area contributed by atoms with Crippen molar-refractivity contribution in [2.45, 2.75) is 70.1 Å². The SMILES string of the molecule is CCCNC1CCOC2(CCOC(CC)C2)C1. The monoisotopic (exact) mass is 241 g/mol. The van der Waals surface area contributed by atoms with Gasteiger partial charge in [0.15, 0.2) is 0 Å². The smallest absolute Gasteiger partial charge is 0.0743 e. The van der Waals surface area contributed by atoms with Gasteiger partial charge in [0, 0.05) is 25.7 Å². The van der Waals surface area contributed by atoms with Gasteiger partial charge in [-0.2, -0.15) is 0 Å². The fraction of sp³-hybridized carbons (Fsp3) is 1.00. The summed E-state index contributed by atoms with van der Waals surface area (Å²) >= 11 is 0. The van der Waals surface area contributed by atoms with Gasteiger partial charge in [0.1, 0.15) is 0 Å². The minimum atomic E-state index is 0.114. The quantitative estimate of drug-likeness (QED) is 0.820. The summed E-state index contributed by atoms with van der Waals surface area (Å²) in [6.45, 7) is 7.36. The molecule has 3 unspecified atom stereocenters. The molecule has 1 spiro atoms. The predicted octanol–water partition coefficient (Wildman–Crippen LogP) is 2.49. The molecule has 1 N–H and O–H groups in total. The van der Waals surface area contributed by atoms with Crippen molar-refractivity contribution >= 4 is 0 Å². The third kappa shape index (κ3) is 3.43. The maximum atomic E-state index is 6.13. The Balaban J connectivity index is 1.89. The van der Waals surface area contributed by atoms with Gasteiger partial charge >= 0.3 is 0 Å². The molecule has 2 aliphatic heterocycles. The normalized spacial score (nSPS) is 38.5. The molecule has 0 bridgehead atoms. The van der Waals surface area contributed by atoms with Crippen LogP contribution >= 0.6 is 0 Å². The Labute approximate surface area is 105 Å². The second kappa shape index (κ2) is 6.17.